The van der Waals surface area contributed by atoms with E-state index in [0.717, 1.165) is 68.0 Å². The minimum atomic E-state index is -4.60. The van der Waals surface area contributed by atoms with Gasteiger partial charge < -0.3 is 16.0 Å². The summed E-state index contributed by atoms with van der Waals surface area (Å²) in [5.74, 6) is -2.38. The number of halogens is 4. The van der Waals surface area contributed by atoms with Crippen molar-refractivity contribution >= 4 is 17.8 Å². The van der Waals surface area contributed by atoms with Crippen molar-refractivity contribution in [3.63, 3.8) is 0 Å². The normalized spacial score (nSPS) is 36.3. The van der Waals surface area contributed by atoms with Gasteiger partial charge in [-0.05, 0) is 80.5 Å². The van der Waals surface area contributed by atoms with Gasteiger partial charge in [0.2, 0.25) is 5.91 Å². The molecule has 9 nitrogen and oxygen atoms in total. The van der Waals surface area contributed by atoms with E-state index in [1.807, 2.05) is 0 Å². The first kappa shape index (κ1) is 31.0. The van der Waals surface area contributed by atoms with Crippen molar-refractivity contribution in [2.75, 3.05) is 39.3 Å². The maximum absolute atomic E-state index is 15.7. The minimum absolute atomic E-state index is 0.0221. The average Bonchev–Trinajstić information content (AvgIpc) is 3.54. The van der Waals surface area contributed by atoms with Crippen LogP contribution in [-0.4, -0.2) is 95.9 Å². The molecule has 0 aromatic heterocycles. The van der Waals surface area contributed by atoms with Crippen LogP contribution in [0.15, 0.2) is 0 Å². The molecule has 2 aliphatic heterocycles. The van der Waals surface area contributed by atoms with Crippen LogP contribution in [0.4, 0.5) is 22.4 Å². The van der Waals surface area contributed by atoms with E-state index in [1.54, 1.807) is 0 Å². The predicted molar refractivity (Wildman–Crippen MR) is 150 cm³/mol. The summed E-state index contributed by atoms with van der Waals surface area (Å²) >= 11 is 0. The topological polar surface area (TPSA) is 111 Å². The summed E-state index contributed by atoms with van der Waals surface area (Å²) < 4.78 is 58.6. The van der Waals surface area contributed by atoms with Crippen LogP contribution < -0.4 is 16.5 Å². The molecule has 0 aromatic rings. The largest absolute Gasteiger partial charge is 0.409 e. The van der Waals surface area contributed by atoms with Crippen LogP contribution in [0.1, 0.15) is 70.6 Å². The van der Waals surface area contributed by atoms with Gasteiger partial charge in [0, 0.05) is 39.1 Å². The van der Waals surface area contributed by atoms with Crippen molar-refractivity contribution in [3.05, 3.63) is 0 Å². The van der Waals surface area contributed by atoms with Gasteiger partial charge in [-0.25, -0.2) is 14.2 Å². The molecule has 13 heteroatoms. The maximum atomic E-state index is 15.7. The van der Waals surface area contributed by atoms with Gasteiger partial charge in [-0.1, -0.05) is 19.3 Å². The molecule has 4 saturated carbocycles. The first-order chi connectivity index (χ1) is 20.5. The number of nitrogens with two attached hydrogens (primary N) is 1. The zero-order valence-corrected chi connectivity index (χ0v) is 24.8. The lowest BCUT2D eigenvalue weighted by Crippen LogP contribution is -2.55. The molecule has 4 N–H and O–H groups in total. The Morgan fingerprint density at radius 1 is 1.07 bits per heavy atom. The van der Waals surface area contributed by atoms with Crippen LogP contribution in [0, 0.1) is 35.5 Å². The van der Waals surface area contributed by atoms with Gasteiger partial charge in [0.15, 0.2) is 0 Å². The number of hydrogen-bond acceptors (Lipinski definition) is 6. The van der Waals surface area contributed by atoms with Gasteiger partial charge in [0.25, 0.3) is 5.91 Å². The third-order valence-electron chi connectivity index (χ3n) is 11.4. The Kier molecular flexibility index (Phi) is 8.71. The third kappa shape index (κ3) is 6.02. The van der Waals surface area contributed by atoms with Gasteiger partial charge >= 0.3 is 12.2 Å². The van der Waals surface area contributed by atoms with Gasteiger partial charge in [0.05, 0.1) is 0 Å². The smallest absolute Gasteiger partial charge is 0.329 e. The van der Waals surface area contributed by atoms with Gasteiger partial charge in [0.1, 0.15) is 24.3 Å². The molecule has 6 aliphatic rings. The predicted octanol–water partition coefficient (Wildman–Crippen LogP) is 3.20. The lowest BCUT2D eigenvalue weighted by Gasteiger charge is -2.39. The van der Waals surface area contributed by atoms with E-state index < -0.39 is 66.1 Å². The highest BCUT2D eigenvalue weighted by Crippen LogP contribution is 2.54. The molecule has 4 amide bonds. The molecule has 4 unspecified atom stereocenters. The Bertz CT molecular complexity index is 1070. The molecule has 0 aromatic carbocycles. The summed E-state index contributed by atoms with van der Waals surface area (Å²) in [6.07, 6.45) is 1.12. The zero-order valence-electron chi connectivity index (χ0n) is 24.8. The number of hydrazine groups is 1. The fraction of sp³-hybridized carbons (Fsp3) is 0.900. The molecule has 242 valence electrons. The Morgan fingerprint density at radius 3 is 2.49 bits per heavy atom. The second kappa shape index (κ2) is 12.1. The maximum Gasteiger partial charge on any atom is 0.409 e. The number of nitrogens with zero attached hydrogens (tertiary/aromatic N) is 3. The summed E-state index contributed by atoms with van der Waals surface area (Å²) in [5.41, 5.74) is 7.60. The van der Waals surface area contributed by atoms with E-state index in [4.69, 9.17) is 5.73 Å². The van der Waals surface area contributed by atoms with Gasteiger partial charge in [-0.2, -0.15) is 13.2 Å². The first-order valence-corrected chi connectivity index (χ1v) is 16.3. The van der Waals surface area contributed by atoms with E-state index in [-0.39, 0.29) is 24.8 Å². The van der Waals surface area contributed by atoms with Crippen molar-refractivity contribution < 1.29 is 31.9 Å². The lowest BCUT2D eigenvalue weighted by atomic mass is 9.67. The second-order valence-corrected chi connectivity index (χ2v) is 14.1. The Hall–Kier alpha value is -1.99. The molecule has 0 bridgehead atoms. The van der Waals surface area contributed by atoms with E-state index in [2.05, 4.69) is 15.8 Å². The van der Waals surface area contributed by atoms with E-state index in [1.165, 1.54) is 0 Å². The number of urea groups is 1. The Morgan fingerprint density at radius 2 is 1.81 bits per heavy atom. The first-order valence-electron chi connectivity index (χ1n) is 16.3. The van der Waals surface area contributed by atoms with Crippen LogP contribution >= 0.6 is 0 Å². The number of alkyl halides is 4. The van der Waals surface area contributed by atoms with Crippen LogP contribution in [0.3, 0.4) is 0 Å². The van der Waals surface area contributed by atoms with Crippen molar-refractivity contribution in [3.8, 4) is 0 Å². The quantitative estimate of drug-likeness (QED) is 0.272. The van der Waals surface area contributed by atoms with Gasteiger partial charge in [-0.3, -0.25) is 19.9 Å². The highest BCUT2D eigenvalue weighted by molar-refractivity contribution is 6.09. The molecule has 4 aliphatic carbocycles. The number of carbonyl (C=O) groups is 3. The van der Waals surface area contributed by atoms with E-state index in [9.17, 15) is 27.6 Å². The molecule has 2 saturated heterocycles. The molecular weight excluding hydrogens is 568 g/mol. The fourth-order valence-corrected chi connectivity index (χ4v) is 9.12. The number of nitrogens with one attached hydrogen (secondary N) is 2. The standard InChI is InChI=1S/C30H46F4N6O3/c31-24-13-29(23-9-8-20(12-22(23)24)21-14-36-38(16-21)11-10-35)27(42)40(28(43)37-29)17-25(41)39(15-18-4-2-1-3-5-18)26(19-6-7-19)30(32,33)34/h18-24,26,36H,1-17,35H2,(H,37,43)/t20?,21?,22?,23?,24-,26-,29+/m1/s1. The summed E-state index contributed by atoms with van der Waals surface area (Å²) in [7, 11) is 0. The Labute approximate surface area is 250 Å². The highest BCUT2D eigenvalue weighted by Gasteiger charge is 2.65. The van der Waals surface area contributed by atoms with E-state index >= 15 is 4.39 Å². The monoisotopic (exact) mass is 614 g/mol. The summed E-state index contributed by atoms with van der Waals surface area (Å²) in [6, 6.07) is -2.72. The molecule has 6 rings (SSSR count). The number of fused-ring (bicyclic) bond motifs is 2. The van der Waals surface area contributed by atoms with Crippen LogP contribution in [-0.2, 0) is 9.59 Å². The third-order valence-corrected chi connectivity index (χ3v) is 11.4. The summed E-state index contributed by atoms with van der Waals surface area (Å²) in [5, 5.41) is 4.85. The van der Waals surface area contributed by atoms with Crippen molar-refractivity contribution in [1.29, 1.82) is 0 Å². The van der Waals surface area contributed by atoms with Crippen molar-refractivity contribution in [2.24, 2.45) is 41.2 Å². The molecule has 43 heavy (non-hydrogen) atoms. The van der Waals surface area contributed by atoms with Crippen LogP contribution in [0.2, 0.25) is 0 Å². The van der Waals surface area contributed by atoms with Gasteiger partial charge in [-0.15, -0.1) is 0 Å². The molecule has 0 radical (unpaired) electrons. The second-order valence-electron chi connectivity index (χ2n) is 14.1. The molecular formula is C30H46F4N6O3. The molecule has 2 heterocycles. The fourth-order valence-electron chi connectivity index (χ4n) is 9.12. The number of imide groups is 1. The van der Waals surface area contributed by atoms with Crippen LogP contribution in [0.25, 0.3) is 0 Å². The summed E-state index contributed by atoms with van der Waals surface area (Å²) in [4.78, 5) is 42.5. The highest BCUT2D eigenvalue weighted by atomic mass is 19.4. The minimum Gasteiger partial charge on any atom is -0.329 e. The number of rotatable bonds is 9. The SMILES string of the molecule is NCCN1CC(C2CCC3C(C2)[C@H](F)C[C@]32NC(=O)N(CC(=O)N(CC3CCCCC3)[C@H](C3CC3)C(F)(F)F)C2=O)CN1. The van der Waals surface area contributed by atoms with E-state index in [0.29, 0.717) is 38.1 Å². The molecule has 1 spiro atoms. The van der Waals surface area contributed by atoms with Crippen molar-refractivity contribution in [2.45, 2.75) is 94.6 Å². The average molecular weight is 615 g/mol. The molecule has 6 fully saturated rings. The van der Waals surface area contributed by atoms with Crippen molar-refractivity contribution in [1.82, 2.24) is 25.6 Å². The zero-order chi connectivity index (χ0) is 30.5. The lowest BCUT2D eigenvalue weighted by molar-refractivity contribution is -0.196. The number of carbonyl (C=O) groups excluding carboxylic acids is 3. The number of amides is 4. The van der Waals surface area contributed by atoms with Crippen LogP contribution in [0.5, 0.6) is 0 Å². The Balaban J connectivity index is 1.16. The summed E-state index contributed by atoms with van der Waals surface area (Å²) in [6.45, 7) is 2.14. The molecule has 7 atom stereocenters. The number of hydrogen-bond donors (Lipinski definition) is 3.